The molecule has 2 aromatic heterocycles. The number of hydrogen-bond acceptors (Lipinski definition) is 4. The Morgan fingerprint density at radius 3 is 2.64 bits per heavy atom. The van der Waals surface area contributed by atoms with Gasteiger partial charge in [-0.15, -0.1) is 0 Å². The molecule has 0 radical (unpaired) electrons. The van der Waals surface area contributed by atoms with E-state index in [1.165, 1.54) is 0 Å². The van der Waals surface area contributed by atoms with Crippen molar-refractivity contribution in [2.75, 3.05) is 19.6 Å². The Morgan fingerprint density at radius 1 is 1.09 bits per heavy atom. The van der Waals surface area contributed by atoms with Crippen molar-refractivity contribution in [3.63, 3.8) is 0 Å². The molecule has 2 amide bonds. The Kier molecular flexibility index (Phi) is 7.17. The van der Waals surface area contributed by atoms with Crippen LogP contribution in [0.3, 0.4) is 0 Å². The molecule has 33 heavy (non-hydrogen) atoms. The summed E-state index contributed by atoms with van der Waals surface area (Å²) >= 11 is 0. The summed E-state index contributed by atoms with van der Waals surface area (Å²) in [6.45, 7) is 6.35. The lowest BCUT2D eigenvalue weighted by atomic mass is 9.96. The molecule has 0 unspecified atom stereocenters. The Balaban J connectivity index is 1.57. The van der Waals surface area contributed by atoms with Gasteiger partial charge in [-0.25, -0.2) is 0 Å². The van der Waals surface area contributed by atoms with Crippen molar-refractivity contribution >= 4 is 11.8 Å². The van der Waals surface area contributed by atoms with Gasteiger partial charge >= 0.3 is 0 Å². The van der Waals surface area contributed by atoms with Crippen molar-refractivity contribution < 1.29 is 9.59 Å². The number of rotatable bonds is 8. The van der Waals surface area contributed by atoms with Gasteiger partial charge in [-0.05, 0) is 41.3 Å². The highest BCUT2D eigenvalue weighted by atomic mass is 16.2. The maximum Gasteiger partial charge on any atom is 0.245 e. The van der Waals surface area contributed by atoms with E-state index in [1.807, 2.05) is 48.4 Å². The van der Waals surface area contributed by atoms with Crippen LogP contribution in [-0.2, 0) is 22.6 Å². The van der Waals surface area contributed by atoms with Gasteiger partial charge in [0.15, 0.2) is 0 Å². The number of piperazine rings is 1. The Labute approximate surface area is 195 Å². The molecule has 0 bridgehead atoms. The zero-order valence-corrected chi connectivity index (χ0v) is 19.3. The largest absolute Gasteiger partial charge is 0.339 e. The third-order valence-corrected chi connectivity index (χ3v) is 6.17. The van der Waals surface area contributed by atoms with Crippen molar-refractivity contribution in [1.82, 2.24) is 24.6 Å². The van der Waals surface area contributed by atoms with Crippen LogP contribution in [0.15, 0.2) is 67.3 Å². The lowest BCUT2D eigenvalue weighted by Crippen LogP contribution is -2.60. The second-order valence-corrected chi connectivity index (χ2v) is 8.64. The molecular weight excluding hydrogens is 414 g/mol. The highest BCUT2D eigenvalue weighted by molar-refractivity contribution is 5.90. The van der Waals surface area contributed by atoms with Crippen LogP contribution in [-0.4, -0.2) is 62.1 Å². The smallest absolute Gasteiger partial charge is 0.245 e. The molecule has 1 aliphatic heterocycles. The van der Waals surface area contributed by atoms with E-state index in [0.29, 0.717) is 26.1 Å². The van der Waals surface area contributed by atoms with Gasteiger partial charge in [-0.3, -0.25) is 19.3 Å². The monoisotopic (exact) mass is 445 g/mol. The maximum absolute atomic E-state index is 13.4. The van der Waals surface area contributed by atoms with E-state index < -0.39 is 6.04 Å². The number of aromatic nitrogens is 3. The molecule has 3 heterocycles. The zero-order valence-electron chi connectivity index (χ0n) is 19.3. The highest BCUT2D eigenvalue weighted by Gasteiger charge is 2.38. The zero-order chi connectivity index (χ0) is 23.2. The van der Waals surface area contributed by atoms with E-state index in [1.54, 1.807) is 28.2 Å². The number of carbonyl (C=O) groups excluding carboxylic acids is 2. The maximum atomic E-state index is 13.4. The van der Waals surface area contributed by atoms with E-state index in [9.17, 15) is 9.59 Å². The number of benzene rings is 1. The first-order valence-electron chi connectivity index (χ1n) is 11.6. The number of hydrogen-bond donors (Lipinski definition) is 0. The average molecular weight is 446 g/mol. The summed E-state index contributed by atoms with van der Waals surface area (Å²) < 4.78 is 1.77. The Morgan fingerprint density at radius 2 is 1.91 bits per heavy atom. The fourth-order valence-corrected chi connectivity index (χ4v) is 4.49. The second-order valence-electron chi connectivity index (χ2n) is 8.64. The van der Waals surface area contributed by atoms with Crippen LogP contribution < -0.4 is 0 Å². The summed E-state index contributed by atoms with van der Waals surface area (Å²) in [7, 11) is 0. The molecule has 7 heteroatoms. The third kappa shape index (κ3) is 5.30. The second kappa shape index (κ2) is 10.4. The summed E-state index contributed by atoms with van der Waals surface area (Å²) in [5, 5.41) is 4.23. The predicted molar refractivity (Wildman–Crippen MR) is 127 cm³/mol. The van der Waals surface area contributed by atoms with Gasteiger partial charge in [-0.2, -0.15) is 5.10 Å². The molecule has 4 rings (SSSR count). The van der Waals surface area contributed by atoms with E-state index in [-0.39, 0.29) is 17.7 Å². The highest BCUT2D eigenvalue weighted by Crippen LogP contribution is 2.24. The van der Waals surface area contributed by atoms with Gasteiger partial charge in [0, 0.05) is 50.8 Å². The number of amides is 2. The van der Waals surface area contributed by atoms with Crippen LogP contribution >= 0.6 is 0 Å². The first-order valence-corrected chi connectivity index (χ1v) is 11.6. The minimum absolute atomic E-state index is 0.00490. The molecule has 2 atom stereocenters. The van der Waals surface area contributed by atoms with Gasteiger partial charge in [0.2, 0.25) is 11.8 Å². The lowest BCUT2D eigenvalue weighted by molar-refractivity contribution is -0.153. The van der Waals surface area contributed by atoms with E-state index in [4.69, 9.17) is 0 Å². The van der Waals surface area contributed by atoms with E-state index in [2.05, 4.69) is 29.1 Å². The van der Waals surface area contributed by atoms with Gasteiger partial charge in [0.25, 0.3) is 0 Å². The number of carbonyl (C=O) groups is 2. The van der Waals surface area contributed by atoms with Crippen LogP contribution in [0.1, 0.15) is 25.8 Å². The molecule has 7 nitrogen and oxygen atoms in total. The fourth-order valence-electron chi connectivity index (χ4n) is 4.49. The average Bonchev–Trinajstić information content (AvgIpc) is 3.35. The minimum atomic E-state index is -0.495. The number of pyridine rings is 1. The molecular formula is C26H31N5O2. The molecule has 1 aromatic carbocycles. The van der Waals surface area contributed by atoms with Crippen molar-refractivity contribution in [2.24, 2.45) is 5.92 Å². The Hall–Kier alpha value is -3.48. The Bertz CT molecular complexity index is 1070. The van der Waals surface area contributed by atoms with Crippen LogP contribution in [0.5, 0.6) is 0 Å². The van der Waals surface area contributed by atoms with Crippen molar-refractivity contribution in [3.8, 4) is 11.1 Å². The van der Waals surface area contributed by atoms with Crippen LogP contribution in [0.2, 0.25) is 0 Å². The van der Waals surface area contributed by atoms with E-state index >= 15 is 0 Å². The molecule has 0 saturated carbocycles. The summed E-state index contributed by atoms with van der Waals surface area (Å²) in [5.74, 6) is -0.219. The molecule has 172 valence electrons. The first-order chi connectivity index (χ1) is 16.1. The summed E-state index contributed by atoms with van der Waals surface area (Å²) in [6.07, 6.45) is 8.52. The first kappa shape index (κ1) is 22.7. The topological polar surface area (TPSA) is 71.3 Å². The quantitative estimate of drug-likeness (QED) is 0.534. The molecule has 0 aliphatic carbocycles. The summed E-state index contributed by atoms with van der Waals surface area (Å²) in [4.78, 5) is 34.7. The standard InChI is InChI=1S/C26H31N5O2/c1-3-13-29-15-16-31(25(32)20(2)19-30-14-5-10-28-30)24(26(29)33)18-21-6-4-7-23(17-21)22-8-11-27-12-9-22/h4-12,14,17,20,24H,3,13,15-16,18-19H2,1-2H3/t20-,24-/m0/s1. The molecule has 1 aliphatic rings. The van der Waals surface area contributed by atoms with E-state index in [0.717, 1.165) is 29.7 Å². The molecule has 0 spiro atoms. The molecule has 3 aromatic rings. The normalized spacial score (nSPS) is 17.3. The van der Waals surface area contributed by atoms with Gasteiger partial charge in [-0.1, -0.05) is 38.1 Å². The van der Waals surface area contributed by atoms with Gasteiger partial charge in [0.1, 0.15) is 6.04 Å². The predicted octanol–water partition coefficient (Wildman–Crippen LogP) is 3.27. The van der Waals surface area contributed by atoms with Crippen LogP contribution in [0, 0.1) is 5.92 Å². The summed E-state index contributed by atoms with van der Waals surface area (Å²) in [5.41, 5.74) is 3.20. The van der Waals surface area contributed by atoms with Gasteiger partial charge in [0.05, 0.1) is 12.5 Å². The van der Waals surface area contributed by atoms with Crippen LogP contribution in [0.25, 0.3) is 11.1 Å². The molecule has 1 fully saturated rings. The van der Waals surface area contributed by atoms with Crippen LogP contribution in [0.4, 0.5) is 0 Å². The lowest BCUT2D eigenvalue weighted by Gasteiger charge is -2.41. The minimum Gasteiger partial charge on any atom is -0.339 e. The third-order valence-electron chi connectivity index (χ3n) is 6.17. The number of nitrogens with zero attached hydrogens (tertiary/aromatic N) is 5. The molecule has 0 N–H and O–H groups in total. The van der Waals surface area contributed by atoms with Crippen molar-refractivity contribution in [2.45, 2.75) is 39.3 Å². The van der Waals surface area contributed by atoms with Gasteiger partial charge < -0.3 is 9.80 Å². The van der Waals surface area contributed by atoms with Crippen molar-refractivity contribution in [1.29, 1.82) is 0 Å². The fraction of sp³-hybridized carbons (Fsp3) is 0.385. The SMILES string of the molecule is CCCN1CCN(C(=O)[C@@H](C)Cn2cccn2)[C@@H](Cc2cccc(-c3ccncc3)c2)C1=O. The van der Waals surface area contributed by atoms with Crippen molar-refractivity contribution in [3.05, 3.63) is 72.8 Å². The molecule has 1 saturated heterocycles. The summed E-state index contributed by atoms with van der Waals surface area (Å²) in [6, 6.07) is 13.5.